The first-order valence-corrected chi connectivity index (χ1v) is 11.1. The molecule has 4 rings (SSSR count). The maximum atomic E-state index is 11.8. The third-order valence-electron chi connectivity index (χ3n) is 5.28. The Labute approximate surface area is 167 Å². The van der Waals surface area contributed by atoms with E-state index >= 15 is 0 Å². The third-order valence-corrected chi connectivity index (χ3v) is 7.03. The van der Waals surface area contributed by atoms with Gasteiger partial charge in [-0.2, -0.15) is 5.10 Å². The number of hydrogen-bond donors (Lipinski definition) is 0. The van der Waals surface area contributed by atoms with Gasteiger partial charge >= 0.3 is 0 Å². The molecule has 29 heavy (non-hydrogen) atoms. The molecule has 0 saturated carbocycles. The summed E-state index contributed by atoms with van der Waals surface area (Å²) in [6, 6.07) is 8.14. The summed E-state index contributed by atoms with van der Waals surface area (Å²) in [7, 11) is -2.99. The number of aromatic nitrogens is 3. The summed E-state index contributed by atoms with van der Waals surface area (Å²) in [5.41, 5.74) is 3.92. The van der Waals surface area contributed by atoms with E-state index < -0.39 is 14.8 Å². The lowest BCUT2D eigenvalue weighted by molar-refractivity contribution is -0.383. The lowest BCUT2D eigenvalue weighted by Gasteiger charge is -2.10. The van der Waals surface area contributed by atoms with Crippen LogP contribution in [0.5, 0.6) is 0 Å². The van der Waals surface area contributed by atoms with E-state index in [4.69, 9.17) is 0 Å². The minimum absolute atomic E-state index is 0.0324. The fourth-order valence-electron chi connectivity index (χ4n) is 3.82. The Morgan fingerprint density at radius 3 is 2.69 bits per heavy atom. The van der Waals surface area contributed by atoms with Crippen LogP contribution in [0.4, 0.5) is 5.69 Å². The maximum Gasteiger partial charge on any atom is 0.278 e. The SMILES string of the molecule is Cc1nn([C@H]2CCS(=O)(=O)C2)c(C)c1/C=C/c1ccc2c([N+](=O)[O-])cccc2n1. The summed E-state index contributed by atoms with van der Waals surface area (Å²) >= 11 is 0. The smallest absolute Gasteiger partial charge is 0.265 e. The van der Waals surface area contributed by atoms with Crippen molar-refractivity contribution in [2.75, 3.05) is 11.5 Å². The average Bonchev–Trinajstić information content (AvgIpc) is 3.17. The van der Waals surface area contributed by atoms with E-state index in [9.17, 15) is 18.5 Å². The van der Waals surface area contributed by atoms with Gasteiger partial charge in [-0.05, 0) is 50.6 Å². The number of sulfone groups is 1. The zero-order valence-corrected chi connectivity index (χ0v) is 16.9. The Bertz CT molecular complexity index is 1260. The zero-order valence-electron chi connectivity index (χ0n) is 16.1. The van der Waals surface area contributed by atoms with E-state index in [1.165, 1.54) is 6.07 Å². The zero-order chi connectivity index (χ0) is 20.8. The number of nitrogens with zero attached hydrogens (tertiary/aromatic N) is 4. The van der Waals surface area contributed by atoms with Gasteiger partial charge in [0, 0.05) is 17.3 Å². The van der Waals surface area contributed by atoms with Gasteiger partial charge in [0.25, 0.3) is 5.69 Å². The van der Waals surface area contributed by atoms with E-state index in [1.807, 2.05) is 30.7 Å². The molecule has 1 saturated heterocycles. The van der Waals surface area contributed by atoms with E-state index in [1.54, 1.807) is 24.3 Å². The number of nitro benzene ring substituents is 1. The van der Waals surface area contributed by atoms with Crippen molar-refractivity contribution in [2.24, 2.45) is 0 Å². The van der Waals surface area contributed by atoms with E-state index in [0.717, 1.165) is 17.0 Å². The number of nitro groups is 1. The van der Waals surface area contributed by atoms with Gasteiger partial charge in [0.15, 0.2) is 9.84 Å². The number of rotatable bonds is 4. The number of hydrogen-bond acceptors (Lipinski definition) is 6. The van der Waals surface area contributed by atoms with Crippen LogP contribution in [-0.4, -0.2) is 39.6 Å². The number of pyridine rings is 1. The molecule has 0 spiro atoms. The molecule has 0 unspecified atom stereocenters. The molecule has 1 aromatic carbocycles. The van der Waals surface area contributed by atoms with Gasteiger partial charge in [-0.3, -0.25) is 14.8 Å². The first-order chi connectivity index (χ1) is 13.7. The molecule has 3 aromatic rings. The third kappa shape index (κ3) is 3.65. The summed E-state index contributed by atoms with van der Waals surface area (Å²) in [6.45, 7) is 3.82. The van der Waals surface area contributed by atoms with Crippen LogP contribution >= 0.6 is 0 Å². The molecule has 150 valence electrons. The van der Waals surface area contributed by atoms with E-state index in [0.29, 0.717) is 23.0 Å². The Hall–Kier alpha value is -3.07. The molecule has 0 radical (unpaired) electrons. The van der Waals surface area contributed by atoms with Crippen molar-refractivity contribution in [3.05, 3.63) is 63.1 Å². The van der Waals surface area contributed by atoms with Crippen LogP contribution in [0, 0.1) is 24.0 Å². The van der Waals surface area contributed by atoms with Crippen LogP contribution in [0.2, 0.25) is 0 Å². The largest absolute Gasteiger partial charge is 0.278 e. The number of non-ortho nitro benzene ring substituents is 1. The highest BCUT2D eigenvalue weighted by Gasteiger charge is 2.31. The van der Waals surface area contributed by atoms with Gasteiger partial charge in [-0.15, -0.1) is 0 Å². The monoisotopic (exact) mass is 412 g/mol. The minimum Gasteiger partial charge on any atom is -0.265 e. The van der Waals surface area contributed by atoms with Crippen molar-refractivity contribution in [2.45, 2.75) is 26.3 Å². The topological polar surface area (TPSA) is 108 Å². The van der Waals surface area contributed by atoms with Crippen molar-refractivity contribution in [3.8, 4) is 0 Å². The van der Waals surface area contributed by atoms with Gasteiger partial charge in [-0.1, -0.05) is 6.07 Å². The molecule has 1 aliphatic heterocycles. The molecule has 3 heterocycles. The van der Waals surface area contributed by atoms with Crippen LogP contribution in [0.25, 0.3) is 23.1 Å². The predicted octanol–water partition coefficient (Wildman–Crippen LogP) is 3.49. The second-order valence-electron chi connectivity index (χ2n) is 7.26. The Balaban J connectivity index is 1.65. The second-order valence-corrected chi connectivity index (χ2v) is 9.49. The first kappa shape index (κ1) is 19.3. The molecule has 0 aliphatic carbocycles. The Morgan fingerprint density at radius 1 is 1.21 bits per heavy atom. The molecular weight excluding hydrogens is 392 g/mol. The Kier molecular flexibility index (Phi) is 4.70. The molecule has 0 amide bonds. The lowest BCUT2D eigenvalue weighted by atomic mass is 10.1. The van der Waals surface area contributed by atoms with Crippen LogP contribution in [0.15, 0.2) is 30.3 Å². The molecular formula is C20H20N4O4S. The molecule has 1 aliphatic rings. The standard InChI is InChI=1S/C20H20N4O4S/c1-13-17(14(2)23(22-13)16-10-11-29(27,28)12-16)8-6-15-7-9-18-19(21-15)4-3-5-20(18)24(25)26/h3-9,16H,10-12H2,1-2H3/b8-6+/t16-/m0/s1. The lowest BCUT2D eigenvalue weighted by Crippen LogP contribution is -2.13. The number of fused-ring (bicyclic) bond motifs is 1. The summed E-state index contributed by atoms with van der Waals surface area (Å²) in [5.74, 6) is 0.331. The van der Waals surface area contributed by atoms with E-state index in [-0.39, 0.29) is 23.2 Å². The van der Waals surface area contributed by atoms with Crippen molar-refractivity contribution in [1.82, 2.24) is 14.8 Å². The van der Waals surface area contributed by atoms with Gasteiger partial charge in [0.05, 0.1) is 44.8 Å². The van der Waals surface area contributed by atoms with Crippen LogP contribution in [0.1, 0.15) is 35.1 Å². The second kappa shape index (κ2) is 7.07. The fourth-order valence-corrected chi connectivity index (χ4v) is 5.51. The molecule has 1 fully saturated rings. The summed E-state index contributed by atoms with van der Waals surface area (Å²) in [5, 5.41) is 16.2. The molecule has 2 aromatic heterocycles. The van der Waals surface area contributed by atoms with Crippen molar-refractivity contribution in [1.29, 1.82) is 0 Å². The van der Waals surface area contributed by atoms with E-state index in [2.05, 4.69) is 10.1 Å². The quantitative estimate of drug-likeness (QED) is 0.479. The van der Waals surface area contributed by atoms with Gasteiger partial charge in [0.2, 0.25) is 0 Å². The van der Waals surface area contributed by atoms with Crippen LogP contribution < -0.4 is 0 Å². The minimum atomic E-state index is -2.99. The highest BCUT2D eigenvalue weighted by molar-refractivity contribution is 7.91. The summed E-state index contributed by atoms with van der Waals surface area (Å²) in [4.78, 5) is 15.2. The molecule has 8 nitrogen and oxygen atoms in total. The molecule has 0 bridgehead atoms. The fraction of sp³-hybridized carbons (Fsp3) is 0.300. The van der Waals surface area contributed by atoms with Crippen molar-refractivity contribution >= 4 is 38.6 Å². The van der Waals surface area contributed by atoms with Gasteiger partial charge < -0.3 is 0 Å². The van der Waals surface area contributed by atoms with Gasteiger partial charge in [-0.25, -0.2) is 13.4 Å². The number of benzene rings is 1. The molecule has 9 heteroatoms. The molecule has 1 atom stereocenters. The van der Waals surface area contributed by atoms with Gasteiger partial charge in [0.1, 0.15) is 0 Å². The average molecular weight is 412 g/mol. The van der Waals surface area contributed by atoms with Crippen molar-refractivity contribution < 1.29 is 13.3 Å². The summed E-state index contributed by atoms with van der Waals surface area (Å²) in [6.07, 6.45) is 4.33. The highest BCUT2D eigenvalue weighted by Crippen LogP contribution is 2.28. The number of aryl methyl sites for hydroxylation is 1. The maximum absolute atomic E-state index is 11.8. The van der Waals surface area contributed by atoms with Crippen LogP contribution in [0.3, 0.4) is 0 Å². The normalized spacial score (nSPS) is 18.6. The first-order valence-electron chi connectivity index (χ1n) is 9.23. The van der Waals surface area contributed by atoms with Crippen molar-refractivity contribution in [3.63, 3.8) is 0 Å². The highest BCUT2D eigenvalue weighted by atomic mass is 32.2. The van der Waals surface area contributed by atoms with Crippen LogP contribution in [-0.2, 0) is 9.84 Å². The summed E-state index contributed by atoms with van der Waals surface area (Å²) < 4.78 is 25.4. The Morgan fingerprint density at radius 2 is 2.00 bits per heavy atom. The molecule has 0 N–H and O–H groups in total. The predicted molar refractivity (Wildman–Crippen MR) is 111 cm³/mol.